The van der Waals surface area contributed by atoms with Crippen LogP contribution in [0, 0.1) is 5.41 Å². The molecule has 92 valence electrons. The summed E-state index contributed by atoms with van der Waals surface area (Å²) in [5.74, 6) is 0.712. The Bertz CT molecular complexity index is 418. The van der Waals surface area contributed by atoms with Crippen LogP contribution in [0.1, 0.15) is 18.4 Å². The van der Waals surface area contributed by atoms with Gasteiger partial charge in [0.25, 0.3) is 0 Å². The summed E-state index contributed by atoms with van der Waals surface area (Å²) in [7, 11) is 0. The van der Waals surface area contributed by atoms with Crippen LogP contribution in [-0.4, -0.2) is 18.3 Å². The Morgan fingerprint density at radius 3 is 2.82 bits per heavy atom. The topological polar surface area (TPSA) is 29.1 Å². The van der Waals surface area contributed by atoms with Crippen LogP contribution >= 0.6 is 27.5 Å². The lowest BCUT2D eigenvalue weighted by Crippen LogP contribution is -2.32. The molecule has 0 atom stereocenters. The Balaban J connectivity index is 1.81. The van der Waals surface area contributed by atoms with E-state index in [9.17, 15) is 4.79 Å². The molecule has 2 nitrogen and oxygen atoms in total. The standard InChI is InChI=1S/C13H15BrClNO/c14-11-3-1-2-10(6-11)7-12(17)16-9-13(8-15)4-5-13/h1-3,6H,4-5,7-9H2,(H,16,17). The highest BCUT2D eigenvalue weighted by Gasteiger charge is 2.41. The first-order valence-corrected chi connectivity index (χ1v) is 7.03. The highest BCUT2D eigenvalue weighted by Crippen LogP contribution is 2.45. The molecule has 1 saturated carbocycles. The zero-order valence-corrected chi connectivity index (χ0v) is 11.9. The summed E-state index contributed by atoms with van der Waals surface area (Å²) in [6.45, 7) is 0.712. The summed E-state index contributed by atoms with van der Waals surface area (Å²) in [5.41, 5.74) is 1.21. The minimum absolute atomic E-state index is 0.0690. The quantitative estimate of drug-likeness (QED) is 0.831. The monoisotopic (exact) mass is 315 g/mol. The molecule has 1 fully saturated rings. The maximum Gasteiger partial charge on any atom is 0.224 e. The number of hydrogen-bond donors (Lipinski definition) is 1. The number of nitrogens with one attached hydrogen (secondary N) is 1. The second kappa shape index (κ2) is 5.40. The van der Waals surface area contributed by atoms with Gasteiger partial charge >= 0.3 is 0 Å². The number of rotatable bonds is 5. The van der Waals surface area contributed by atoms with E-state index in [2.05, 4.69) is 21.2 Å². The van der Waals surface area contributed by atoms with Crippen molar-refractivity contribution in [2.45, 2.75) is 19.3 Å². The Morgan fingerprint density at radius 2 is 2.24 bits per heavy atom. The van der Waals surface area contributed by atoms with Gasteiger partial charge in [-0.25, -0.2) is 0 Å². The van der Waals surface area contributed by atoms with E-state index in [-0.39, 0.29) is 11.3 Å². The lowest BCUT2D eigenvalue weighted by molar-refractivity contribution is -0.120. The number of carbonyl (C=O) groups excluding carboxylic acids is 1. The fourth-order valence-electron chi connectivity index (χ4n) is 1.72. The van der Waals surface area contributed by atoms with E-state index in [1.807, 2.05) is 24.3 Å². The molecule has 0 aliphatic heterocycles. The molecule has 0 radical (unpaired) electrons. The van der Waals surface area contributed by atoms with Gasteiger partial charge in [-0.3, -0.25) is 4.79 Å². The number of halogens is 2. The van der Waals surface area contributed by atoms with Crippen molar-refractivity contribution in [3.63, 3.8) is 0 Å². The van der Waals surface area contributed by atoms with Crippen molar-refractivity contribution in [2.24, 2.45) is 5.41 Å². The number of benzene rings is 1. The number of hydrogen-bond acceptors (Lipinski definition) is 1. The average molecular weight is 317 g/mol. The maximum absolute atomic E-state index is 11.7. The molecule has 0 heterocycles. The highest BCUT2D eigenvalue weighted by molar-refractivity contribution is 9.10. The summed E-state index contributed by atoms with van der Waals surface area (Å²) in [6, 6.07) is 7.81. The third-order valence-corrected chi connectivity index (χ3v) is 4.22. The Kier molecular flexibility index (Phi) is 4.10. The molecular weight excluding hydrogens is 302 g/mol. The van der Waals surface area contributed by atoms with Crippen molar-refractivity contribution in [3.05, 3.63) is 34.3 Å². The Hall–Kier alpha value is -0.540. The second-order valence-electron chi connectivity index (χ2n) is 4.72. The van der Waals surface area contributed by atoms with Gasteiger partial charge in [0.1, 0.15) is 0 Å². The van der Waals surface area contributed by atoms with Crippen LogP contribution in [0.5, 0.6) is 0 Å². The molecule has 1 N–H and O–H groups in total. The lowest BCUT2D eigenvalue weighted by atomic mass is 10.1. The molecule has 1 aromatic rings. The third-order valence-electron chi connectivity index (χ3n) is 3.15. The van der Waals surface area contributed by atoms with Crippen molar-refractivity contribution >= 4 is 33.4 Å². The third kappa shape index (κ3) is 3.71. The lowest BCUT2D eigenvalue weighted by Gasteiger charge is -2.12. The molecule has 0 saturated heterocycles. The van der Waals surface area contributed by atoms with Crippen LogP contribution in [0.3, 0.4) is 0 Å². The predicted octanol–water partition coefficient (Wildman–Crippen LogP) is 3.13. The number of amides is 1. The van der Waals surface area contributed by atoms with E-state index in [4.69, 9.17) is 11.6 Å². The normalized spacial score (nSPS) is 16.6. The molecule has 0 spiro atoms. The van der Waals surface area contributed by atoms with Gasteiger partial charge in [-0.2, -0.15) is 0 Å². The molecular formula is C13H15BrClNO. The van der Waals surface area contributed by atoms with Crippen LogP contribution in [0.4, 0.5) is 0 Å². The van der Waals surface area contributed by atoms with E-state index in [0.29, 0.717) is 18.8 Å². The molecule has 0 unspecified atom stereocenters. The zero-order valence-electron chi connectivity index (χ0n) is 9.51. The van der Waals surface area contributed by atoms with E-state index in [1.165, 1.54) is 0 Å². The van der Waals surface area contributed by atoms with E-state index < -0.39 is 0 Å². The fraction of sp³-hybridized carbons (Fsp3) is 0.462. The zero-order chi connectivity index (χ0) is 12.3. The first-order valence-electron chi connectivity index (χ1n) is 5.71. The summed E-state index contributed by atoms with van der Waals surface area (Å²) in [4.78, 5) is 11.7. The minimum atomic E-state index is 0.0690. The molecule has 1 aliphatic carbocycles. The van der Waals surface area contributed by atoms with Crippen molar-refractivity contribution in [1.82, 2.24) is 5.32 Å². The largest absolute Gasteiger partial charge is 0.355 e. The van der Waals surface area contributed by atoms with Gasteiger partial charge in [0, 0.05) is 22.3 Å². The van der Waals surface area contributed by atoms with Gasteiger partial charge in [-0.05, 0) is 30.5 Å². The van der Waals surface area contributed by atoms with E-state index in [0.717, 1.165) is 22.9 Å². The van der Waals surface area contributed by atoms with Gasteiger partial charge in [-0.15, -0.1) is 11.6 Å². The number of carbonyl (C=O) groups is 1. The summed E-state index contributed by atoms with van der Waals surface area (Å²) in [5, 5.41) is 2.97. The molecule has 1 aromatic carbocycles. The minimum Gasteiger partial charge on any atom is -0.355 e. The van der Waals surface area contributed by atoms with E-state index in [1.54, 1.807) is 0 Å². The molecule has 0 aromatic heterocycles. The summed E-state index contributed by atoms with van der Waals surface area (Å²) < 4.78 is 1.00. The first kappa shape index (κ1) is 12.9. The molecule has 1 aliphatic rings. The van der Waals surface area contributed by atoms with Crippen molar-refractivity contribution in [2.75, 3.05) is 12.4 Å². The van der Waals surface area contributed by atoms with Crippen LogP contribution in [0.15, 0.2) is 28.7 Å². The smallest absolute Gasteiger partial charge is 0.224 e. The summed E-state index contributed by atoms with van der Waals surface area (Å²) >= 11 is 9.26. The molecule has 2 rings (SSSR count). The molecule has 4 heteroatoms. The summed E-state index contributed by atoms with van der Waals surface area (Å²) in [6.07, 6.45) is 2.69. The SMILES string of the molecule is O=C(Cc1cccc(Br)c1)NCC1(CCl)CC1. The second-order valence-corrected chi connectivity index (χ2v) is 5.90. The van der Waals surface area contributed by atoms with Crippen LogP contribution < -0.4 is 5.32 Å². The van der Waals surface area contributed by atoms with Crippen molar-refractivity contribution in [1.29, 1.82) is 0 Å². The van der Waals surface area contributed by atoms with Crippen molar-refractivity contribution in [3.8, 4) is 0 Å². The van der Waals surface area contributed by atoms with Crippen LogP contribution in [0.2, 0.25) is 0 Å². The molecule has 1 amide bonds. The van der Waals surface area contributed by atoms with Gasteiger partial charge < -0.3 is 5.32 Å². The molecule has 0 bridgehead atoms. The van der Waals surface area contributed by atoms with Crippen LogP contribution in [-0.2, 0) is 11.2 Å². The Morgan fingerprint density at radius 1 is 1.47 bits per heavy atom. The Labute approximate surface area is 115 Å². The molecule has 17 heavy (non-hydrogen) atoms. The predicted molar refractivity (Wildman–Crippen MR) is 73.2 cm³/mol. The van der Waals surface area contributed by atoms with Crippen molar-refractivity contribution < 1.29 is 4.79 Å². The number of alkyl halides is 1. The van der Waals surface area contributed by atoms with Gasteiger partial charge in [0.05, 0.1) is 6.42 Å². The van der Waals surface area contributed by atoms with Gasteiger partial charge in [-0.1, -0.05) is 28.1 Å². The van der Waals surface area contributed by atoms with E-state index >= 15 is 0 Å². The maximum atomic E-state index is 11.7. The van der Waals surface area contributed by atoms with Crippen LogP contribution in [0.25, 0.3) is 0 Å². The fourth-order valence-corrected chi connectivity index (χ4v) is 2.52. The van der Waals surface area contributed by atoms with Gasteiger partial charge in [0.15, 0.2) is 0 Å². The highest BCUT2D eigenvalue weighted by atomic mass is 79.9. The average Bonchev–Trinajstić information content (AvgIpc) is 3.07. The van der Waals surface area contributed by atoms with Gasteiger partial charge in [0.2, 0.25) is 5.91 Å². The first-order chi connectivity index (χ1) is 8.13.